The van der Waals surface area contributed by atoms with E-state index in [1.165, 1.54) is 4.90 Å². The lowest BCUT2D eigenvalue weighted by Crippen LogP contribution is -2.74. The van der Waals surface area contributed by atoms with E-state index in [4.69, 9.17) is 5.73 Å². The molecule has 0 radical (unpaired) electrons. The van der Waals surface area contributed by atoms with Gasteiger partial charge in [0.15, 0.2) is 34.7 Å². The number of carbonyl (C=O) groups is 5. The van der Waals surface area contributed by atoms with E-state index >= 15 is 0 Å². The summed E-state index contributed by atoms with van der Waals surface area (Å²) in [6, 6.07) is 0.759. The number of aliphatic hydroxyl groups is 1. The van der Waals surface area contributed by atoms with Gasteiger partial charge in [0.1, 0.15) is 5.75 Å². The predicted octanol–water partition coefficient (Wildman–Crippen LogP) is 0.0472. The highest BCUT2D eigenvalue weighted by Gasteiger charge is 2.69. The second-order valence-electron chi connectivity index (χ2n) is 11.0. The summed E-state index contributed by atoms with van der Waals surface area (Å²) in [6.07, 6.45) is 2.61. The standard InChI is InChI=1S/C28H35N3O7/c1-6-8-31(5)12-15-9-13(7-2)16-10-14-11-17-21(30(3)4)24(34)20(27(29)37)26(36)28(17,38)25(35)18(14)23(33)19(16)22(15)32/h6,9,14,17-18,20-21,32,38H,1,7-8,10-12H2,2-5H3,(H2,29,37)/t14-,17-,18?,20?,21+,28-/m0/s1. The molecular formula is C28H35N3O7. The molecule has 0 aliphatic heterocycles. The molecule has 3 aliphatic carbocycles. The van der Waals surface area contributed by atoms with Crippen LogP contribution < -0.4 is 5.73 Å². The summed E-state index contributed by atoms with van der Waals surface area (Å²) >= 11 is 0. The van der Waals surface area contributed by atoms with E-state index in [0.29, 0.717) is 30.6 Å². The molecular weight excluding hydrogens is 490 g/mol. The number of primary amides is 1. The van der Waals surface area contributed by atoms with Crippen molar-refractivity contribution < 1.29 is 34.2 Å². The Labute approximate surface area is 221 Å². The summed E-state index contributed by atoms with van der Waals surface area (Å²) < 4.78 is 0. The van der Waals surface area contributed by atoms with Gasteiger partial charge in [-0.3, -0.25) is 33.8 Å². The van der Waals surface area contributed by atoms with Gasteiger partial charge in [-0.15, -0.1) is 6.58 Å². The molecule has 204 valence electrons. The number of amides is 1. The quantitative estimate of drug-likeness (QED) is 0.330. The molecule has 0 aromatic heterocycles. The summed E-state index contributed by atoms with van der Waals surface area (Å²) in [5.41, 5.74) is 4.72. The Morgan fingerprint density at radius 1 is 1.18 bits per heavy atom. The number of hydrogen-bond acceptors (Lipinski definition) is 9. The molecule has 4 rings (SSSR count). The third-order valence-electron chi connectivity index (χ3n) is 8.49. The number of aromatic hydroxyl groups is 1. The SMILES string of the molecule is C=CCN(C)Cc1cc(CC)c2c(c1O)C(=O)C1C(=O)[C@]3(O)C(=O)C(C(N)=O)C(=O)[C@H](N(C)C)[C@@H]3C[C@@H]1C2. The molecule has 2 saturated carbocycles. The number of phenolic OH excluding ortho intramolecular Hbond substituents is 1. The fourth-order valence-corrected chi connectivity index (χ4v) is 6.82. The zero-order valence-electron chi connectivity index (χ0n) is 22.2. The first kappa shape index (κ1) is 27.8. The van der Waals surface area contributed by atoms with Gasteiger partial charge >= 0.3 is 0 Å². The lowest BCUT2D eigenvalue weighted by atomic mass is 9.52. The van der Waals surface area contributed by atoms with E-state index in [9.17, 15) is 34.2 Å². The number of hydrogen-bond donors (Lipinski definition) is 3. The molecule has 0 bridgehead atoms. The van der Waals surface area contributed by atoms with E-state index in [-0.39, 0.29) is 24.2 Å². The number of carbonyl (C=O) groups excluding carboxylic acids is 5. The zero-order chi connectivity index (χ0) is 28.3. The summed E-state index contributed by atoms with van der Waals surface area (Å²) in [6.45, 7) is 6.55. The summed E-state index contributed by atoms with van der Waals surface area (Å²) in [5.74, 6) is -10.3. The van der Waals surface area contributed by atoms with Crippen LogP contribution in [-0.2, 0) is 38.6 Å². The Morgan fingerprint density at radius 3 is 2.39 bits per heavy atom. The van der Waals surface area contributed by atoms with Gasteiger partial charge in [-0.05, 0) is 57.5 Å². The smallest absolute Gasteiger partial charge is 0.235 e. The van der Waals surface area contributed by atoms with E-state index in [0.717, 1.165) is 5.56 Å². The van der Waals surface area contributed by atoms with Gasteiger partial charge in [-0.25, -0.2) is 0 Å². The molecule has 6 atom stereocenters. The number of likely N-dealkylation sites (N-methyl/N-ethyl adjacent to an activating group) is 2. The number of nitrogens with zero attached hydrogens (tertiary/aromatic N) is 2. The van der Waals surface area contributed by atoms with Gasteiger partial charge in [0.25, 0.3) is 0 Å². The van der Waals surface area contributed by atoms with Crippen LogP contribution in [0, 0.1) is 23.7 Å². The highest BCUT2D eigenvalue weighted by Crippen LogP contribution is 2.51. The van der Waals surface area contributed by atoms with Crippen LogP contribution >= 0.6 is 0 Å². The molecule has 2 unspecified atom stereocenters. The van der Waals surface area contributed by atoms with E-state index in [1.54, 1.807) is 20.2 Å². The van der Waals surface area contributed by atoms with Crippen LogP contribution in [0.25, 0.3) is 0 Å². The number of benzene rings is 1. The molecule has 2 fully saturated rings. The van der Waals surface area contributed by atoms with Crippen molar-refractivity contribution in [2.45, 2.75) is 44.4 Å². The third kappa shape index (κ3) is 3.93. The molecule has 0 spiro atoms. The van der Waals surface area contributed by atoms with Gasteiger partial charge in [-0.2, -0.15) is 0 Å². The zero-order valence-corrected chi connectivity index (χ0v) is 22.2. The minimum Gasteiger partial charge on any atom is -0.507 e. The summed E-state index contributed by atoms with van der Waals surface area (Å²) in [7, 11) is 4.97. The summed E-state index contributed by atoms with van der Waals surface area (Å²) in [5, 5.41) is 22.9. The number of rotatable bonds is 7. The Hall–Kier alpha value is -3.21. The number of aryl methyl sites for hydroxylation is 1. The van der Waals surface area contributed by atoms with Crippen molar-refractivity contribution in [2.24, 2.45) is 29.4 Å². The highest BCUT2D eigenvalue weighted by atomic mass is 16.3. The van der Waals surface area contributed by atoms with E-state index < -0.39 is 64.4 Å². The van der Waals surface area contributed by atoms with Crippen LogP contribution in [0.1, 0.15) is 40.4 Å². The molecule has 1 aromatic carbocycles. The van der Waals surface area contributed by atoms with Crippen LogP contribution in [0.2, 0.25) is 0 Å². The van der Waals surface area contributed by atoms with Crippen molar-refractivity contribution in [3.63, 3.8) is 0 Å². The topological polar surface area (TPSA) is 158 Å². The molecule has 1 amide bonds. The fourth-order valence-electron chi connectivity index (χ4n) is 6.82. The van der Waals surface area contributed by atoms with Gasteiger partial charge < -0.3 is 15.9 Å². The van der Waals surface area contributed by atoms with Gasteiger partial charge in [0, 0.05) is 24.6 Å². The summed E-state index contributed by atoms with van der Waals surface area (Å²) in [4.78, 5) is 69.9. The molecule has 10 nitrogen and oxygen atoms in total. The number of nitrogens with two attached hydrogens (primary N) is 1. The van der Waals surface area contributed by atoms with Crippen LogP contribution in [-0.4, -0.2) is 88.4 Å². The van der Waals surface area contributed by atoms with Crippen molar-refractivity contribution >= 4 is 29.0 Å². The molecule has 1 aromatic rings. The van der Waals surface area contributed by atoms with Gasteiger partial charge in [-0.1, -0.05) is 19.1 Å². The number of Topliss-reactive ketones (excluding diaryl/α,β-unsaturated/α-hetero) is 4. The second-order valence-corrected chi connectivity index (χ2v) is 11.0. The maximum Gasteiger partial charge on any atom is 0.235 e. The van der Waals surface area contributed by atoms with Crippen molar-refractivity contribution in [3.05, 3.63) is 41.0 Å². The number of ketones is 4. The largest absolute Gasteiger partial charge is 0.507 e. The molecule has 10 heteroatoms. The predicted molar refractivity (Wildman–Crippen MR) is 137 cm³/mol. The Morgan fingerprint density at radius 2 is 1.84 bits per heavy atom. The first-order chi connectivity index (χ1) is 17.8. The Bertz CT molecular complexity index is 1260. The fraction of sp³-hybridized carbons (Fsp3) is 0.536. The molecule has 0 heterocycles. The van der Waals surface area contributed by atoms with Gasteiger partial charge in [0.2, 0.25) is 5.91 Å². The Balaban J connectivity index is 1.85. The minimum atomic E-state index is -2.72. The second kappa shape index (κ2) is 9.83. The molecule has 4 N–H and O–H groups in total. The normalized spacial score (nSPS) is 30.8. The minimum absolute atomic E-state index is 0.0393. The van der Waals surface area contributed by atoms with Gasteiger partial charge in [0.05, 0.1) is 17.5 Å². The first-order valence-electron chi connectivity index (χ1n) is 12.8. The van der Waals surface area contributed by atoms with E-state index in [1.807, 2.05) is 24.9 Å². The van der Waals surface area contributed by atoms with Crippen LogP contribution in [0.3, 0.4) is 0 Å². The lowest BCUT2D eigenvalue weighted by Gasteiger charge is -2.52. The average molecular weight is 526 g/mol. The average Bonchev–Trinajstić information content (AvgIpc) is 2.82. The number of fused-ring (bicyclic) bond motifs is 3. The molecule has 38 heavy (non-hydrogen) atoms. The highest BCUT2D eigenvalue weighted by molar-refractivity contribution is 6.32. The van der Waals surface area contributed by atoms with Crippen molar-refractivity contribution in [1.29, 1.82) is 0 Å². The van der Waals surface area contributed by atoms with Crippen LogP contribution in [0.15, 0.2) is 18.7 Å². The van der Waals surface area contributed by atoms with Crippen molar-refractivity contribution in [3.8, 4) is 5.75 Å². The maximum atomic E-state index is 13.9. The molecule has 3 aliphatic rings. The van der Waals surface area contributed by atoms with Crippen LogP contribution in [0.4, 0.5) is 0 Å². The number of phenols is 1. The first-order valence-corrected chi connectivity index (χ1v) is 12.8. The van der Waals surface area contributed by atoms with Crippen molar-refractivity contribution in [2.75, 3.05) is 27.7 Å². The molecule has 0 saturated heterocycles. The maximum absolute atomic E-state index is 13.9. The third-order valence-corrected chi connectivity index (χ3v) is 8.49. The monoisotopic (exact) mass is 525 g/mol. The Kier molecular flexibility index (Phi) is 7.20. The van der Waals surface area contributed by atoms with Crippen molar-refractivity contribution in [1.82, 2.24) is 9.80 Å². The van der Waals surface area contributed by atoms with E-state index in [2.05, 4.69) is 6.58 Å². The lowest BCUT2D eigenvalue weighted by molar-refractivity contribution is -0.181. The van der Waals surface area contributed by atoms with Crippen LogP contribution in [0.5, 0.6) is 5.75 Å².